The quantitative estimate of drug-likeness (QED) is 0.591. The van der Waals surface area contributed by atoms with Gasteiger partial charge in [0.05, 0.1) is 5.69 Å². The topological polar surface area (TPSA) is 79.4 Å². The normalized spacial score (nSPS) is 15.6. The molecular formula is C21H18F3N3O3S2. The maximum Gasteiger partial charge on any atom is 0.245 e. The lowest BCUT2D eigenvalue weighted by molar-refractivity contribution is -0.120. The van der Waals surface area contributed by atoms with Gasteiger partial charge >= 0.3 is 0 Å². The Bertz CT molecular complexity index is 1260. The number of aromatic nitrogens is 1. The van der Waals surface area contributed by atoms with Gasteiger partial charge in [-0.25, -0.2) is 26.6 Å². The first kappa shape index (κ1) is 22.4. The van der Waals surface area contributed by atoms with E-state index in [2.05, 4.69) is 10.3 Å². The van der Waals surface area contributed by atoms with Crippen molar-refractivity contribution < 1.29 is 26.4 Å². The Labute approximate surface area is 186 Å². The van der Waals surface area contributed by atoms with Gasteiger partial charge in [0.2, 0.25) is 15.9 Å². The maximum atomic E-state index is 13.9. The molecule has 1 amide bonds. The number of hydrogen-bond acceptors (Lipinski definition) is 5. The highest BCUT2D eigenvalue weighted by Crippen LogP contribution is 2.29. The second-order valence-corrected chi connectivity index (χ2v) is 10.0. The standard InChI is InChI=1S/C21H18F3N3O3S2/c22-15-6-5-14(11-17(15)24)18-12-31-21(25-18)26-20(28)13-7-9-27(10-8-13)32(29,30)19-4-2-1-3-16(19)23/h1-6,11-13H,7-10H2,(H,25,26,28). The van der Waals surface area contributed by atoms with Crippen LogP contribution in [0.3, 0.4) is 0 Å². The van der Waals surface area contributed by atoms with Gasteiger partial charge in [-0.3, -0.25) is 4.79 Å². The van der Waals surface area contributed by atoms with Crippen molar-refractivity contribution >= 4 is 32.4 Å². The number of rotatable bonds is 5. The summed E-state index contributed by atoms with van der Waals surface area (Å²) in [6.45, 7) is 0.180. The summed E-state index contributed by atoms with van der Waals surface area (Å²) in [6, 6.07) is 8.62. The fourth-order valence-corrected chi connectivity index (χ4v) is 5.74. The third-order valence-corrected chi connectivity index (χ3v) is 7.92. The largest absolute Gasteiger partial charge is 0.302 e. The molecule has 168 valence electrons. The summed E-state index contributed by atoms with van der Waals surface area (Å²) < 4.78 is 67.0. The number of sulfonamides is 1. The molecule has 0 bridgehead atoms. The van der Waals surface area contributed by atoms with Gasteiger partial charge in [0.15, 0.2) is 16.8 Å². The maximum absolute atomic E-state index is 13.9. The van der Waals surface area contributed by atoms with Crippen molar-refractivity contribution in [2.75, 3.05) is 18.4 Å². The third-order valence-electron chi connectivity index (χ3n) is 5.23. The lowest BCUT2D eigenvalue weighted by atomic mass is 9.97. The van der Waals surface area contributed by atoms with Gasteiger partial charge in [0, 0.05) is 30.0 Å². The number of benzene rings is 2. The molecule has 1 fully saturated rings. The molecule has 1 N–H and O–H groups in total. The molecule has 6 nitrogen and oxygen atoms in total. The van der Waals surface area contributed by atoms with Gasteiger partial charge in [-0.1, -0.05) is 12.1 Å². The van der Waals surface area contributed by atoms with E-state index in [1.165, 1.54) is 28.6 Å². The van der Waals surface area contributed by atoms with Crippen LogP contribution in [-0.4, -0.2) is 36.7 Å². The summed E-state index contributed by atoms with van der Waals surface area (Å²) in [5.74, 6) is -3.50. The average Bonchev–Trinajstić information content (AvgIpc) is 3.24. The summed E-state index contributed by atoms with van der Waals surface area (Å²) in [6.07, 6.45) is 0.557. The minimum absolute atomic E-state index is 0.0900. The third kappa shape index (κ3) is 4.54. The van der Waals surface area contributed by atoms with Crippen LogP contribution in [0.4, 0.5) is 18.3 Å². The Morgan fingerprint density at radius 3 is 2.44 bits per heavy atom. The van der Waals surface area contributed by atoms with Gasteiger partial charge in [0.1, 0.15) is 10.7 Å². The van der Waals surface area contributed by atoms with Crippen LogP contribution < -0.4 is 5.32 Å². The molecule has 0 aliphatic carbocycles. The van der Waals surface area contributed by atoms with Crippen LogP contribution in [0.2, 0.25) is 0 Å². The minimum atomic E-state index is -3.98. The lowest BCUT2D eigenvalue weighted by Gasteiger charge is -2.30. The summed E-state index contributed by atoms with van der Waals surface area (Å²) in [5, 5.41) is 4.61. The van der Waals surface area contributed by atoms with Crippen LogP contribution in [0.15, 0.2) is 52.7 Å². The van der Waals surface area contributed by atoms with E-state index in [1.807, 2.05) is 0 Å². The first-order valence-corrected chi connectivity index (χ1v) is 12.0. The molecule has 2 heterocycles. The predicted octanol–water partition coefficient (Wildman–Crippen LogP) is 4.27. The smallest absolute Gasteiger partial charge is 0.245 e. The molecular weight excluding hydrogens is 463 g/mol. The lowest BCUT2D eigenvalue weighted by Crippen LogP contribution is -2.41. The van der Waals surface area contributed by atoms with Crippen molar-refractivity contribution in [3.05, 3.63) is 65.3 Å². The molecule has 0 atom stereocenters. The van der Waals surface area contributed by atoms with Crippen LogP contribution in [0.25, 0.3) is 11.3 Å². The number of carbonyl (C=O) groups excluding carboxylic acids is 1. The second-order valence-electron chi connectivity index (χ2n) is 7.26. The monoisotopic (exact) mass is 481 g/mol. The van der Waals surface area contributed by atoms with E-state index in [0.29, 0.717) is 16.4 Å². The number of halogens is 3. The first-order valence-electron chi connectivity index (χ1n) is 9.72. The van der Waals surface area contributed by atoms with Crippen molar-refractivity contribution in [2.24, 2.45) is 5.92 Å². The van der Waals surface area contributed by atoms with Gasteiger partial charge in [-0.2, -0.15) is 4.31 Å². The van der Waals surface area contributed by atoms with Crippen molar-refractivity contribution in [1.29, 1.82) is 0 Å². The second kappa shape index (κ2) is 9.00. The zero-order valence-corrected chi connectivity index (χ0v) is 18.2. The number of anilines is 1. The van der Waals surface area contributed by atoms with Crippen molar-refractivity contribution in [1.82, 2.24) is 9.29 Å². The molecule has 11 heteroatoms. The molecule has 3 aromatic rings. The van der Waals surface area contributed by atoms with Crippen LogP contribution in [-0.2, 0) is 14.8 Å². The zero-order valence-electron chi connectivity index (χ0n) is 16.6. The Hall–Kier alpha value is -2.76. The number of carbonyl (C=O) groups is 1. The molecule has 32 heavy (non-hydrogen) atoms. The molecule has 0 saturated carbocycles. The molecule has 1 aliphatic heterocycles. The van der Waals surface area contributed by atoms with Gasteiger partial charge < -0.3 is 5.32 Å². The van der Waals surface area contributed by atoms with E-state index in [1.54, 1.807) is 5.38 Å². The average molecular weight is 482 g/mol. The Morgan fingerprint density at radius 2 is 1.75 bits per heavy atom. The SMILES string of the molecule is O=C(Nc1nc(-c2ccc(F)c(F)c2)cs1)C1CCN(S(=O)(=O)c2ccccc2F)CC1. The number of amides is 1. The molecule has 2 aromatic carbocycles. The number of nitrogens with zero attached hydrogens (tertiary/aromatic N) is 2. The van der Waals surface area contributed by atoms with E-state index in [4.69, 9.17) is 0 Å². The summed E-state index contributed by atoms with van der Waals surface area (Å²) in [4.78, 5) is 16.5. The van der Waals surface area contributed by atoms with E-state index >= 15 is 0 Å². The van der Waals surface area contributed by atoms with Crippen LogP contribution in [0.1, 0.15) is 12.8 Å². The van der Waals surface area contributed by atoms with Crippen molar-refractivity contribution in [3.63, 3.8) is 0 Å². The predicted molar refractivity (Wildman–Crippen MR) is 114 cm³/mol. The Kier molecular flexibility index (Phi) is 6.31. The molecule has 0 spiro atoms. The molecule has 1 saturated heterocycles. The summed E-state index contributed by atoms with van der Waals surface area (Å²) in [7, 11) is -3.98. The molecule has 1 aromatic heterocycles. The number of hydrogen-bond donors (Lipinski definition) is 1. The van der Waals surface area contributed by atoms with E-state index in [-0.39, 0.29) is 36.7 Å². The van der Waals surface area contributed by atoms with E-state index < -0.39 is 33.4 Å². The molecule has 4 rings (SSSR count). The number of nitrogens with one attached hydrogen (secondary N) is 1. The zero-order chi connectivity index (χ0) is 22.9. The fraction of sp³-hybridized carbons (Fsp3) is 0.238. The van der Waals surface area contributed by atoms with Crippen LogP contribution >= 0.6 is 11.3 Å². The summed E-state index contributed by atoms with van der Waals surface area (Å²) in [5.41, 5.74) is 0.780. The highest BCUT2D eigenvalue weighted by atomic mass is 32.2. The van der Waals surface area contributed by atoms with E-state index in [9.17, 15) is 26.4 Å². The Balaban J connectivity index is 1.38. The van der Waals surface area contributed by atoms with Crippen molar-refractivity contribution in [3.8, 4) is 11.3 Å². The van der Waals surface area contributed by atoms with Crippen molar-refractivity contribution in [2.45, 2.75) is 17.7 Å². The number of thiazole rings is 1. The van der Waals surface area contributed by atoms with Crippen LogP contribution in [0.5, 0.6) is 0 Å². The molecule has 0 radical (unpaired) electrons. The van der Waals surface area contributed by atoms with Gasteiger partial charge in [0.25, 0.3) is 0 Å². The molecule has 1 aliphatic rings. The van der Waals surface area contributed by atoms with E-state index in [0.717, 1.165) is 29.5 Å². The van der Waals surface area contributed by atoms with Gasteiger partial charge in [-0.05, 0) is 43.2 Å². The summed E-state index contributed by atoms with van der Waals surface area (Å²) >= 11 is 1.14. The number of piperidine rings is 1. The fourth-order valence-electron chi connectivity index (χ4n) is 3.48. The Morgan fingerprint density at radius 1 is 1.03 bits per heavy atom. The van der Waals surface area contributed by atoms with Crippen LogP contribution in [0, 0.1) is 23.4 Å². The van der Waals surface area contributed by atoms with Gasteiger partial charge in [-0.15, -0.1) is 11.3 Å². The minimum Gasteiger partial charge on any atom is -0.302 e. The molecule has 0 unspecified atom stereocenters. The highest BCUT2D eigenvalue weighted by molar-refractivity contribution is 7.89. The highest BCUT2D eigenvalue weighted by Gasteiger charge is 2.33. The first-order chi connectivity index (χ1) is 15.3.